The van der Waals surface area contributed by atoms with Gasteiger partial charge in [-0.1, -0.05) is 251 Å². The molecule has 0 rings (SSSR count). The third-order valence-electron chi connectivity index (χ3n) is 12.9. The molecule has 0 aliphatic carbocycles. The minimum atomic E-state index is -0.808. The van der Waals surface area contributed by atoms with Crippen molar-refractivity contribution in [1.82, 2.24) is 0 Å². The molecule has 6 heteroatoms. The van der Waals surface area contributed by atoms with Crippen LogP contribution in [-0.2, 0) is 28.6 Å². The normalized spacial score (nSPS) is 12.9. The number of hydrogen-bond acceptors (Lipinski definition) is 6. The van der Waals surface area contributed by atoms with Gasteiger partial charge < -0.3 is 14.2 Å². The summed E-state index contributed by atoms with van der Waals surface area (Å²) in [6.45, 7) is 6.36. The van der Waals surface area contributed by atoms with Gasteiger partial charge in [-0.15, -0.1) is 0 Å². The van der Waals surface area contributed by atoms with Crippen LogP contribution >= 0.6 is 0 Å². The third-order valence-corrected chi connectivity index (χ3v) is 12.9. The molecular weight excluding hydrogens is 925 g/mol. The van der Waals surface area contributed by atoms with Crippen molar-refractivity contribution >= 4 is 17.9 Å². The van der Waals surface area contributed by atoms with Gasteiger partial charge in [0.15, 0.2) is 6.10 Å². The van der Waals surface area contributed by atoms with Crippen molar-refractivity contribution in [2.24, 2.45) is 0 Å². The fourth-order valence-corrected chi connectivity index (χ4v) is 8.34. The van der Waals surface area contributed by atoms with Crippen molar-refractivity contribution in [3.8, 4) is 0 Å². The smallest absolute Gasteiger partial charge is 0.306 e. The largest absolute Gasteiger partial charge is 0.462 e. The van der Waals surface area contributed by atoms with Gasteiger partial charge in [-0.05, 0) is 128 Å². The summed E-state index contributed by atoms with van der Waals surface area (Å²) in [6.07, 6.45) is 86.4. The van der Waals surface area contributed by atoms with Crippen LogP contribution in [0.4, 0.5) is 0 Å². The molecule has 0 fully saturated rings. The Balaban J connectivity index is 4.34. The quantitative estimate of drug-likeness (QED) is 0.0261. The molecule has 0 aromatic carbocycles. The molecule has 0 aliphatic heterocycles. The fraction of sp³-hybridized carbons (Fsp3) is 0.667. The summed E-state index contributed by atoms with van der Waals surface area (Å²) in [5, 5.41) is 0. The highest BCUT2D eigenvalue weighted by molar-refractivity contribution is 5.71. The highest BCUT2D eigenvalue weighted by Crippen LogP contribution is 2.15. The molecule has 0 spiro atoms. The van der Waals surface area contributed by atoms with E-state index >= 15 is 0 Å². The minimum Gasteiger partial charge on any atom is -0.462 e. The lowest BCUT2D eigenvalue weighted by molar-refractivity contribution is -0.167. The molecule has 1 atom stereocenters. The Kier molecular flexibility index (Phi) is 58.9. The van der Waals surface area contributed by atoms with E-state index in [9.17, 15) is 14.4 Å². The first-order valence-electron chi connectivity index (χ1n) is 31.0. The molecular formula is C69H114O6. The number of unbranched alkanes of at least 4 members (excludes halogenated alkanes) is 24. The van der Waals surface area contributed by atoms with Crippen molar-refractivity contribution in [1.29, 1.82) is 0 Å². The van der Waals surface area contributed by atoms with Gasteiger partial charge in [0, 0.05) is 19.3 Å². The zero-order valence-electron chi connectivity index (χ0n) is 48.8. The molecule has 1 unspecified atom stereocenters. The monoisotopic (exact) mass is 1040 g/mol. The standard InChI is InChI=1S/C69H114O6/c1-4-7-10-13-16-19-22-25-27-29-30-31-32-33-34-35-36-37-38-40-41-44-47-50-53-56-59-62-68(71)74-65-66(64-73-67(70)61-58-55-52-49-46-43-24-21-18-15-12-9-6-3)75-69(72)63-60-57-54-51-48-45-42-39-28-26-23-20-17-14-11-8-5-2/h8-9,11-12,17-18,20-22,25-26,28-30,32-33,42-43,45-46,66H,4-7,10,13-16,19,23-24,27,31,34-41,44,47-65H2,1-3H3/b11-8-,12-9-,20-17-,21-18-,25-22-,28-26-,30-29-,33-32-,45-42-,46-43-. The van der Waals surface area contributed by atoms with Crippen LogP contribution in [0, 0.1) is 0 Å². The number of rotatable bonds is 55. The van der Waals surface area contributed by atoms with Gasteiger partial charge in [0.1, 0.15) is 13.2 Å². The summed E-state index contributed by atoms with van der Waals surface area (Å²) in [5.41, 5.74) is 0. The van der Waals surface area contributed by atoms with Crippen molar-refractivity contribution in [3.63, 3.8) is 0 Å². The summed E-state index contributed by atoms with van der Waals surface area (Å²) in [7, 11) is 0. The van der Waals surface area contributed by atoms with E-state index in [1.54, 1.807) is 0 Å². The molecule has 0 saturated heterocycles. The zero-order valence-corrected chi connectivity index (χ0v) is 48.8. The van der Waals surface area contributed by atoms with Gasteiger partial charge in [0.2, 0.25) is 0 Å². The maximum atomic E-state index is 12.9. The van der Waals surface area contributed by atoms with Gasteiger partial charge in [0.05, 0.1) is 0 Å². The van der Waals surface area contributed by atoms with Gasteiger partial charge in [-0.25, -0.2) is 0 Å². The molecule has 0 bridgehead atoms. The minimum absolute atomic E-state index is 0.101. The first kappa shape index (κ1) is 70.8. The Hall–Kier alpha value is -4.19. The maximum Gasteiger partial charge on any atom is 0.306 e. The third kappa shape index (κ3) is 60.6. The second kappa shape index (κ2) is 62.4. The summed E-state index contributed by atoms with van der Waals surface area (Å²) >= 11 is 0. The number of ether oxygens (including phenoxy) is 3. The molecule has 0 aliphatic rings. The maximum absolute atomic E-state index is 12.9. The van der Waals surface area contributed by atoms with Crippen LogP contribution in [0.15, 0.2) is 122 Å². The van der Waals surface area contributed by atoms with Crippen LogP contribution < -0.4 is 0 Å². The lowest BCUT2D eigenvalue weighted by atomic mass is 10.0. The molecule has 0 radical (unpaired) electrons. The Labute approximate surface area is 462 Å². The van der Waals surface area contributed by atoms with Crippen LogP contribution in [0.5, 0.6) is 0 Å². The molecule has 0 saturated carbocycles. The summed E-state index contributed by atoms with van der Waals surface area (Å²) < 4.78 is 16.8. The Bertz CT molecular complexity index is 1570. The fourth-order valence-electron chi connectivity index (χ4n) is 8.34. The Morgan fingerprint density at radius 2 is 0.520 bits per heavy atom. The lowest BCUT2D eigenvalue weighted by Crippen LogP contribution is -2.30. The number of esters is 3. The average molecular weight is 1040 g/mol. The van der Waals surface area contributed by atoms with E-state index in [2.05, 4.69) is 142 Å². The van der Waals surface area contributed by atoms with Gasteiger partial charge in [-0.3, -0.25) is 14.4 Å². The molecule has 0 N–H and O–H groups in total. The number of allylic oxidation sites excluding steroid dienone is 20. The molecule has 0 heterocycles. The van der Waals surface area contributed by atoms with Gasteiger partial charge in [-0.2, -0.15) is 0 Å². The molecule has 0 amide bonds. The van der Waals surface area contributed by atoms with Crippen molar-refractivity contribution in [3.05, 3.63) is 122 Å². The highest BCUT2D eigenvalue weighted by atomic mass is 16.6. The number of carbonyl (C=O) groups is 3. The first-order valence-corrected chi connectivity index (χ1v) is 31.0. The van der Waals surface area contributed by atoms with E-state index < -0.39 is 6.10 Å². The Morgan fingerprint density at radius 3 is 0.827 bits per heavy atom. The highest BCUT2D eigenvalue weighted by Gasteiger charge is 2.19. The zero-order chi connectivity index (χ0) is 54.3. The SMILES string of the molecule is CC/C=C\C/C=C\C/C=C\C/C=C\CCCCCCC(=O)OC(COC(=O)CCCCC/C=C\C/C=C\C/C=C\CC)COC(=O)CCCCCCCCCCCCCC/C=C\C/C=C\C/C=C\CCCCCCC. The van der Waals surface area contributed by atoms with E-state index in [-0.39, 0.29) is 37.5 Å². The van der Waals surface area contributed by atoms with Crippen molar-refractivity contribution in [2.45, 2.75) is 284 Å². The molecule has 426 valence electrons. The van der Waals surface area contributed by atoms with Crippen LogP contribution in [0.25, 0.3) is 0 Å². The summed E-state index contributed by atoms with van der Waals surface area (Å²) in [6, 6.07) is 0. The summed E-state index contributed by atoms with van der Waals surface area (Å²) in [5.74, 6) is -0.956. The van der Waals surface area contributed by atoms with Gasteiger partial charge in [0.25, 0.3) is 0 Å². The van der Waals surface area contributed by atoms with E-state index in [4.69, 9.17) is 14.2 Å². The summed E-state index contributed by atoms with van der Waals surface area (Å²) in [4.78, 5) is 38.2. The van der Waals surface area contributed by atoms with E-state index in [1.165, 1.54) is 103 Å². The predicted molar refractivity (Wildman–Crippen MR) is 325 cm³/mol. The van der Waals surface area contributed by atoms with E-state index in [1.807, 2.05) is 0 Å². The van der Waals surface area contributed by atoms with Crippen LogP contribution in [0.3, 0.4) is 0 Å². The number of hydrogen-bond donors (Lipinski definition) is 0. The van der Waals surface area contributed by atoms with Crippen LogP contribution in [0.2, 0.25) is 0 Å². The van der Waals surface area contributed by atoms with E-state index in [0.717, 1.165) is 135 Å². The second-order valence-electron chi connectivity index (χ2n) is 20.2. The second-order valence-corrected chi connectivity index (χ2v) is 20.2. The first-order chi connectivity index (χ1) is 37.0. The molecule has 0 aromatic heterocycles. The predicted octanol–water partition coefficient (Wildman–Crippen LogP) is 21.2. The van der Waals surface area contributed by atoms with Crippen LogP contribution in [-0.4, -0.2) is 37.2 Å². The molecule has 6 nitrogen and oxygen atoms in total. The van der Waals surface area contributed by atoms with E-state index in [0.29, 0.717) is 12.8 Å². The van der Waals surface area contributed by atoms with Crippen molar-refractivity contribution in [2.75, 3.05) is 13.2 Å². The van der Waals surface area contributed by atoms with Gasteiger partial charge >= 0.3 is 17.9 Å². The average Bonchev–Trinajstić information content (AvgIpc) is 3.41. The molecule has 0 aromatic rings. The number of carbonyl (C=O) groups excluding carboxylic acids is 3. The Morgan fingerprint density at radius 1 is 0.280 bits per heavy atom. The lowest BCUT2D eigenvalue weighted by Gasteiger charge is -2.18. The topological polar surface area (TPSA) is 78.9 Å². The van der Waals surface area contributed by atoms with Crippen LogP contribution in [0.1, 0.15) is 278 Å². The molecule has 75 heavy (non-hydrogen) atoms. The van der Waals surface area contributed by atoms with Crippen molar-refractivity contribution < 1.29 is 28.6 Å².